The predicted octanol–water partition coefficient (Wildman–Crippen LogP) is 3.54. The molecule has 2 aromatic rings. The minimum atomic E-state index is 0.784. The first-order valence-corrected chi connectivity index (χ1v) is 8.22. The summed E-state index contributed by atoms with van der Waals surface area (Å²) in [5, 5.41) is 3.39. The number of para-hydroxylation sites is 2. The van der Waals surface area contributed by atoms with E-state index in [0.29, 0.717) is 0 Å². The van der Waals surface area contributed by atoms with Crippen molar-refractivity contribution in [3.63, 3.8) is 0 Å². The van der Waals surface area contributed by atoms with Gasteiger partial charge in [-0.2, -0.15) is 0 Å². The summed E-state index contributed by atoms with van der Waals surface area (Å²) in [7, 11) is 0. The summed E-state index contributed by atoms with van der Waals surface area (Å²) in [4.78, 5) is 7.27. The van der Waals surface area contributed by atoms with Crippen LogP contribution in [0.1, 0.15) is 5.56 Å². The Labute approximate surface area is 137 Å². The maximum atomic E-state index is 6.12. The molecule has 2 aliphatic heterocycles. The largest absolute Gasteiger partial charge is 0.454 e. The summed E-state index contributed by atoms with van der Waals surface area (Å²) in [6, 6.07) is 14.0. The van der Waals surface area contributed by atoms with E-state index in [0.717, 1.165) is 59.2 Å². The van der Waals surface area contributed by atoms with Crippen molar-refractivity contribution < 1.29 is 4.74 Å². The van der Waals surface area contributed by atoms with Crippen LogP contribution in [0.3, 0.4) is 0 Å². The monoisotopic (exact) mass is 357 g/mol. The summed E-state index contributed by atoms with van der Waals surface area (Å²) in [6.07, 6.45) is 0. The molecule has 0 unspecified atom stereocenters. The minimum absolute atomic E-state index is 0.784. The van der Waals surface area contributed by atoms with Crippen LogP contribution in [-0.4, -0.2) is 36.9 Å². The van der Waals surface area contributed by atoms with E-state index < -0.39 is 0 Å². The standard InChI is InChI=1S/C17H16BrN3O/c18-13-5-3-7-15-16(13)20-17(21-10-8-19-9-11-21)12-4-1-2-6-14(12)22-15/h1-7,19H,8-11H2. The van der Waals surface area contributed by atoms with E-state index in [-0.39, 0.29) is 0 Å². The molecule has 4 nitrogen and oxygen atoms in total. The molecule has 0 spiro atoms. The number of rotatable bonds is 0. The summed E-state index contributed by atoms with van der Waals surface area (Å²) in [5.74, 6) is 2.63. The molecular formula is C17H16BrN3O. The first kappa shape index (κ1) is 13.8. The van der Waals surface area contributed by atoms with Gasteiger partial charge in [0.25, 0.3) is 0 Å². The molecule has 0 radical (unpaired) electrons. The Hall–Kier alpha value is -1.85. The Morgan fingerprint density at radius 1 is 1.00 bits per heavy atom. The molecule has 0 atom stereocenters. The highest BCUT2D eigenvalue weighted by atomic mass is 79.9. The molecule has 1 saturated heterocycles. The fourth-order valence-electron chi connectivity index (χ4n) is 2.83. The summed E-state index contributed by atoms with van der Waals surface area (Å²) in [5.41, 5.74) is 1.90. The fraction of sp³-hybridized carbons (Fsp3) is 0.235. The van der Waals surface area contributed by atoms with Crippen LogP contribution in [0, 0.1) is 0 Å². The zero-order chi connectivity index (χ0) is 14.9. The molecule has 5 heteroatoms. The highest BCUT2D eigenvalue weighted by Crippen LogP contribution is 2.42. The third kappa shape index (κ3) is 2.40. The SMILES string of the molecule is Brc1cccc2c1N=C(N1CCNCC1)c1ccccc1O2. The molecule has 0 bridgehead atoms. The van der Waals surface area contributed by atoms with Gasteiger partial charge in [-0.3, -0.25) is 0 Å². The van der Waals surface area contributed by atoms with Gasteiger partial charge in [0.05, 0.1) is 5.56 Å². The molecule has 0 amide bonds. The number of nitrogens with zero attached hydrogens (tertiary/aromatic N) is 2. The van der Waals surface area contributed by atoms with Gasteiger partial charge in [0, 0.05) is 30.7 Å². The third-order valence-corrected chi connectivity index (χ3v) is 4.57. The molecule has 1 fully saturated rings. The quantitative estimate of drug-likeness (QED) is 0.783. The molecule has 0 aliphatic carbocycles. The van der Waals surface area contributed by atoms with E-state index in [2.05, 4.69) is 32.2 Å². The zero-order valence-corrected chi connectivity index (χ0v) is 13.6. The lowest BCUT2D eigenvalue weighted by Crippen LogP contribution is -2.46. The van der Waals surface area contributed by atoms with Gasteiger partial charge in [0.15, 0.2) is 5.75 Å². The van der Waals surface area contributed by atoms with Crippen molar-refractivity contribution in [1.29, 1.82) is 0 Å². The number of piperazine rings is 1. The molecule has 2 aliphatic rings. The molecule has 22 heavy (non-hydrogen) atoms. The van der Waals surface area contributed by atoms with E-state index in [1.165, 1.54) is 0 Å². The Morgan fingerprint density at radius 2 is 1.77 bits per heavy atom. The van der Waals surface area contributed by atoms with Crippen LogP contribution in [0.2, 0.25) is 0 Å². The van der Waals surface area contributed by atoms with Crippen LogP contribution in [0.5, 0.6) is 11.5 Å². The van der Waals surface area contributed by atoms with Crippen LogP contribution in [0.25, 0.3) is 0 Å². The first-order chi connectivity index (χ1) is 10.8. The van der Waals surface area contributed by atoms with Gasteiger partial charge in [-0.25, -0.2) is 4.99 Å². The fourth-order valence-corrected chi connectivity index (χ4v) is 3.27. The van der Waals surface area contributed by atoms with Crippen LogP contribution in [0.15, 0.2) is 51.9 Å². The molecule has 2 heterocycles. The van der Waals surface area contributed by atoms with Crippen molar-refractivity contribution in [3.05, 3.63) is 52.5 Å². The summed E-state index contributed by atoms with van der Waals surface area (Å²) < 4.78 is 7.07. The second-order valence-electron chi connectivity index (χ2n) is 5.36. The predicted molar refractivity (Wildman–Crippen MR) is 91.3 cm³/mol. The number of ether oxygens (including phenoxy) is 1. The van der Waals surface area contributed by atoms with Crippen molar-refractivity contribution in [3.8, 4) is 11.5 Å². The number of hydrogen-bond donors (Lipinski definition) is 1. The van der Waals surface area contributed by atoms with Gasteiger partial charge in [0.2, 0.25) is 0 Å². The van der Waals surface area contributed by atoms with E-state index >= 15 is 0 Å². The van der Waals surface area contributed by atoms with Crippen molar-refractivity contribution in [2.75, 3.05) is 26.2 Å². The highest BCUT2D eigenvalue weighted by Gasteiger charge is 2.24. The average molecular weight is 358 g/mol. The van der Waals surface area contributed by atoms with E-state index in [9.17, 15) is 0 Å². The molecule has 112 valence electrons. The van der Waals surface area contributed by atoms with Crippen molar-refractivity contribution in [1.82, 2.24) is 10.2 Å². The number of amidine groups is 1. The second kappa shape index (κ2) is 5.74. The Kier molecular flexibility index (Phi) is 3.60. The lowest BCUT2D eigenvalue weighted by molar-refractivity contribution is 0.357. The molecule has 2 aromatic carbocycles. The van der Waals surface area contributed by atoms with Gasteiger partial charge < -0.3 is 15.0 Å². The van der Waals surface area contributed by atoms with Crippen LogP contribution >= 0.6 is 15.9 Å². The topological polar surface area (TPSA) is 36.9 Å². The van der Waals surface area contributed by atoms with Crippen molar-refractivity contribution >= 4 is 27.5 Å². The average Bonchev–Trinajstić information content (AvgIpc) is 2.73. The Morgan fingerprint density at radius 3 is 2.64 bits per heavy atom. The Bertz CT molecular complexity index is 738. The molecule has 0 aromatic heterocycles. The van der Waals surface area contributed by atoms with Gasteiger partial charge >= 0.3 is 0 Å². The lowest BCUT2D eigenvalue weighted by atomic mass is 10.1. The number of aliphatic imine (C=N–C) groups is 1. The van der Waals surface area contributed by atoms with E-state index in [1.807, 2.05) is 36.4 Å². The maximum Gasteiger partial charge on any atom is 0.154 e. The van der Waals surface area contributed by atoms with Crippen molar-refractivity contribution in [2.45, 2.75) is 0 Å². The number of nitrogens with one attached hydrogen (secondary N) is 1. The zero-order valence-electron chi connectivity index (χ0n) is 12.1. The van der Waals surface area contributed by atoms with Gasteiger partial charge in [-0.15, -0.1) is 0 Å². The minimum Gasteiger partial charge on any atom is -0.454 e. The second-order valence-corrected chi connectivity index (χ2v) is 6.21. The summed E-state index contributed by atoms with van der Waals surface area (Å²) >= 11 is 3.60. The number of fused-ring (bicyclic) bond motifs is 2. The van der Waals surface area contributed by atoms with Crippen LogP contribution in [0.4, 0.5) is 5.69 Å². The van der Waals surface area contributed by atoms with Crippen LogP contribution in [-0.2, 0) is 0 Å². The molecule has 4 rings (SSSR count). The summed E-state index contributed by atoms with van der Waals surface area (Å²) in [6.45, 7) is 3.86. The maximum absolute atomic E-state index is 6.12. The number of hydrogen-bond acceptors (Lipinski definition) is 4. The molecular weight excluding hydrogens is 342 g/mol. The van der Waals surface area contributed by atoms with Crippen LogP contribution < -0.4 is 10.1 Å². The normalized spacial score (nSPS) is 17.0. The lowest BCUT2D eigenvalue weighted by Gasteiger charge is -2.30. The highest BCUT2D eigenvalue weighted by molar-refractivity contribution is 9.10. The van der Waals surface area contributed by atoms with E-state index in [1.54, 1.807) is 0 Å². The Balaban J connectivity index is 1.90. The first-order valence-electron chi connectivity index (χ1n) is 7.43. The third-order valence-electron chi connectivity index (χ3n) is 3.93. The smallest absolute Gasteiger partial charge is 0.154 e. The van der Waals surface area contributed by atoms with Crippen molar-refractivity contribution in [2.24, 2.45) is 4.99 Å². The van der Waals surface area contributed by atoms with Gasteiger partial charge in [0.1, 0.15) is 17.3 Å². The number of benzene rings is 2. The van der Waals surface area contributed by atoms with Gasteiger partial charge in [-0.05, 0) is 40.2 Å². The molecule has 1 N–H and O–H groups in total. The molecule has 0 saturated carbocycles. The van der Waals surface area contributed by atoms with E-state index in [4.69, 9.17) is 9.73 Å². The van der Waals surface area contributed by atoms with Gasteiger partial charge in [-0.1, -0.05) is 18.2 Å². The number of halogens is 1.